The van der Waals surface area contributed by atoms with E-state index >= 15 is 0 Å². The molecule has 6 heteroatoms. The Morgan fingerprint density at radius 2 is 2.18 bits per heavy atom. The van der Waals surface area contributed by atoms with Crippen LogP contribution in [0.1, 0.15) is 18.4 Å². The minimum atomic E-state index is -0.0817. The predicted octanol–water partition coefficient (Wildman–Crippen LogP) is 2.51. The summed E-state index contributed by atoms with van der Waals surface area (Å²) in [6.07, 6.45) is 1.95. The molecule has 0 aliphatic carbocycles. The molecule has 0 bridgehead atoms. The quantitative estimate of drug-likeness (QED) is 0.913. The van der Waals surface area contributed by atoms with Gasteiger partial charge in [0.2, 0.25) is 5.91 Å². The van der Waals surface area contributed by atoms with E-state index in [-0.39, 0.29) is 24.4 Å². The normalized spacial score (nSPS) is 17.1. The Labute approximate surface area is 136 Å². The number of hydrogen-bond acceptors (Lipinski definition) is 3. The van der Waals surface area contributed by atoms with Crippen molar-refractivity contribution < 1.29 is 4.79 Å². The van der Waals surface area contributed by atoms with Crippen molar-refractivity contribution in [2.75, 3.05) is 11.9 Å². The fourth-order valence-corrected chi connectivity index (χ4v) is 2.70. The average molecular weight is 321 g/mol. The third-order valence-electron chi connectivity index (χ3n) is 3.93. The number of aryl methyl sites for hydroxylation is 2. The molecular weight excluding hydrogens is 300 g/mol. The number of halogens is 1. The van der Waals surface area contributed by atoms with E-state index in [1.165, 1.54) is 5.56 Å². The fraction of sp³-hybridized carbons (Fsp3) is 0.375. The molecule has 2 aromatic rings. The molecule has 5 nitrogen and oxygen atoms in total. The Kier molecular flexibility index (Phi) is 5.21. The fourth-order valence-electron chi connectivity index (χ4n) is 2.70. The SMILES string of the molecule is Cc1ccccc1-c1cc(NC(=O)[C@@H]2CCCN2)n(C)n1.Cl. The number of benzene rings is 1. The lowest BCUT2D eigenvalue weighted by molar-refractivity contribution is -0.117. The number of rotatable bonds is 3. The lowest BCUT2D eigenvalue weighted by Gasteiger charge is -2.10. The van der Waals surface area contributed by atoms with Crippen molar-refractivity contribution in [2.45, 2.75) is 25.8 Å². The van der Waals surface area contributed by atoms with E-state index in [0.29, 0.717) is 0 Å². The number of aromatic nitrogens is 2. The Hall–Kier alpha value is -1.85. The van der Waals surface area contributed by atoms with Gasteiger partial charge in [-0.2, -0.15) is 5.10 Å². The summed E-state index contributed by atoms with van der Waals surface area (Å²) in [6.45, 7) is 2.97. The molecule has 0 saturated carbocycles. The molecule has 1 aromatic heterocycles. The third kappa shape index (κ3) is 3.31. The Morgan fingerprint density at radius 1 is 1.41 bits per heavy atom. The van der Waals surface area contributed by atoms with Crippen LogP contribution in [0.5, 0.6) is 0 Å². The maximum atomic E-state index is 12.2. The molecule has 1 fully saturated rings. The molecule has 0 spiro atoms. The maximum absolute atomic E-state index is 12.2. The van der Waals surface area contributed by atoms with Crippen molar-refractivity contribution in [3.8, 4) is 11.3 Å². The van der Waals surface area contributed by atoms with Gasteiger partial charge in [-0.25, -0.2) is 0 Å². The highest BCUT2D eigenvalue weighted by molar-refractivity contribution is 5.94. The van der Waals surface area contributed by atoms with Crippen molar-refractivity contribution in [1.29, 1.82) is 0 Å². The molecule has 1 aliphatic rings. The van der Waals surface area contributed by atoms with Gasteiger partial charge >= 0.3 is 0 Å². The molecule has 3 rings (SSSR count). The van der Waals surface area contributed by atoms with E-state index in [9.17, 15) is 4.79 Å². The number of amides is 1. The molecule has 2 N–H and O–H groups in total. The van der Waals surface area contributed by atoms with Gasteiger partial charge in [-0.1, -0.05) is 24.3 Å². The molecule has 1 amide bonds. The lowest BCUT2D eigenvalue weighted by atomic mass is 10.1. The summed E-state index contributed by atoms with van der Waals surface area (Å²) in [6, 6.07) is 9.96. The minimum Gasteiger partial charge on any atom is -0.310 e. The van der Waals surface area contributed by atoms with Gasteiger partial charge in [-0.15, -0.1) is 12.4 Å². The van der Waals surface area contributed by atoms with Crippen molar-refractivity contribution in [3.05, 3.63) is 35.9 Å². The first-order valence-electron chi connectivity index (χ1n) is 7.29. The zero-order chi connectivity index (χ0) is 14.8. The molecule has 22 heavy (non-hydrogen) atoms. The summed E-state index contributed by atoms with van der Waals surface area (Å²) >= 11 is 0. The van der Waals surface area contributed by atoms with Gasteiger partial charge in [0.1, 0.15) is 5.82 Å². The van der Waals surface area contributed by atoms with Crippen LogP contribution in [0.2, 0.25) is 0 Å². The number of nitrogens with zero attached hydrogens (tertiary/aromatic N) is 2. The van der Waals surface area contributed by atoms with Crippen LogP contribution < -0.4 is 10.6 Å². The molecule has 1 aromatic carbocycles. The van der Waals surface area contributed by atoms with Crippen molar-refractivity contribution in [2.24, 2.45) is 7.05 Å². The van der Waals surface area contributed by atoms with Gasteiger partial charge in [0.15, 0.2) is 0 Å². The van der Waals surface area contributed by atoms with Crippen molar-refractivity contribution >= 4 is 24.1 Å². The summed E-state index contributed by atoms with van der Waals surface area (Å²) < 4.78 is 1.72. The molecular formula is C16H21ClN4O. The van der Waals surface area contributed by atoms with E-state index < -0.39 is 0 Å². The van der Waals surface area contributed by atoms with Crippen molar-refractivity contribution in [1.82, 2.24) is 15.1 Å². The topological polar surface area (TPSA) is 59.0 Å². The van der Waals surface area contributed by atoms with E-state index in [0.717, 1.165) is 36.5 Å². The first kappa shape index (κ1) is 16.5. The van der Waals surface area contributed by atoms with Crippen LogP contribution in [-0.2, 0) is 11.8 Å². The monoisotopic (exact) mass is 320 g/mol. The molecule has 1 saturated heterocycles. The second-order valence-corrected chi connectivity index (χ2v) is 5.49. The van der Waals surface area contributed by atoms with Crippen LogP contribution in [0, 0.1) is 6.92 Å². The second kappa shape index (κ2) is 6.94. The van der Waals surface area contributed by atoms with E-state index in [1.54, 1.807) is 4.68 Å². The second-order valence-electron chi connectivity index (χ2n) is 5.49. The van der Waals surface area contributed by atoms with Crippen LogP contribution in [-0.4, -0.2) is 28.3 Å². The molecule has 1 atom stereocenters. The lowest BCUT2D eigenvalue weighted by Crippen LogP contribution is -2.35. The number of carbonyl (C=O) groups excluding carboxylic acids is 1. The number of nitrogens with one attached hydrogen (secondary N) is 2. The summed E-state index contributed by atoms with van der Waals surface area (Å²) in [5.41, 5.74) is 3.14. The summed E-state index contributed by atoms with van der Waals surface area (Å²) in [4.78, 5) is 12.2. The molecule has 0 radical (unpaired) electrons. The van der Waals surface area contributed by atoms with Gasteiger partial charge in [0.05, 0.1) is 11.7 Å². The van der Waals surface area contributed by atoms with Gasteiger partial charge < -0.3 is 10.6 Å². The van der Waals surface area contributed by atoms with Crippen LogP contribution in [0.25, 0.3) is 11.3 Å². The van der Waals surface area contributed by atoms with Gasteiger partial charge in [-0.3, -0.25) is 9.48 Å². The standard InChI is InChI=1S/C16H20N4O.ClH/c1-11-6-3-4-7-12(11)14-10-15(20(2)19-14)18-16(21)13-8-5-9-17-13;/h3-4,6-7,10,13,17H,5,8-9H2,1-2H3,(H,18,21);1H/t13-;/m0./s1. The maximum Gasteiger partial charge on any atom is 0.242 e. The average Bonchev–Trinajstić information content (AvgIpc) is 3.10. The number of hydrogen-bond donors (Lipinski definition) is 2. The third-order valence-corrected chi connectivity index (χ3v) is 3.93. The van der Waals surface area contributed by atoms with Crippen LogP contribution in [0.4, 0.5) is 5.82 Å². The Morgan fingerprint density at radius 3 is 2.86 bits per heavy atom. The highest BCUT2D eigenvalue weighted by Crippen LogP contribution is 2.24. The zero-order valence-corrected chi connectivity index (χ0v) is 13.6. The predicted molar refractivity (Wildman–Crippen MR) is 90.3 cm³/mol. The number of anilines is 1. The largest absolute Gasteiger partial charge is 0.310 e. The first-order chi connectivity index (χ1) is 10.1. The molecule has 1 aliphatic heterocycles. The summed E-state index contributed by atoms with van der Waals surface area (Å²) in [5, 5.41) is 10.7. The van der Waals surface area contributed by atoms with E-state index in [1.807, 2.05) is 31.3 Å². The molecule has 2 heterocycles. The van der Waals surface area contributed by atoms with Crippen LogP contribution >= 0.6 is 12.4 Å². The van der Waals surface area contributed by atoms with E-state index in [2.05, 4.69) is 28.7 Å². The molecule has 0 unspecified atom stereocenters. The van der Waals surface area contributed by atoms with Crippen molar-refractivity contribution in [3.63, 3.8) is 0 Å². The highest BCUT2D eigenvalue weighted by atomic mass is 35.5. The summed E-state index contributed by atoms with van der Waals surface area (Å²) in [7, 11) is 1.85. The smallest absolute Gasteiger partial charge is 0.242 e. The Bertz CT molecular complexity index is 662. The molecule has 118 valence electrons. The first-order valence-corrected chi connectivity index (χ1v) is 7.29. The summed E-state index contributed by atoms with van der Waals surface area (Å²) in [5.74, 6) is 0.749. The van der Waals surface area contributed by atoms with Gasteiger partial charge in [0.25, 0.3) is 0 Å². The minimum absolute atomic E-state index is 0. The van der Waals surface area contributed by atoms with Crippen LogP contribution in [0.15, 0.2) is 30.3 Å². The van der Waals surface area contributed by atoms with Gasteiger partial charge in [0, 0.05) is 18.7 Å². The Balaban J connectivity index is 0.00000176. The number of carbonyl (C=O) groups is 1. The van der Waals surface area contributed by atoms with Crippen LogP contribution in [0.3, 0.4) is 0 Å². The zero-order valence-electron chi connectivity index (χ0n) is 12.8. The van der Waals surface area contributed by atoms with E-state index in [4.69, 9.17) is 0 Å². The highest BCUT2D eigenvalue weighted by Gasteiger charge is 2.23. The van der Waals surface area contributed by atoms with Gasteiger partial charge in [-0.05, 0) is 31.9 Å².